The fourth-order valence-corrected chi connectivity index (χ4v) is 8.19. The van der Waals surface area contributed by atoms with Crippen LogP contribution in [0.2, 0.25) is 0 Å². The maximum absolute atomic E-state index is 15.1. The number of nitrogens with zero attached hydrogens (tertiary/aromatic N) is 2. The van der Waals surface area contributed by atoms with E-state index in [0.29, 0.717) is 17.5 Å². The Morgan fingerprint density at radius 3 is 2.31 bits per heavy atom. The van der Waals surface area contributed by atoms with Crippen LogP contribution in [0.15, 0.2) is 115 Å². The molecule has 3 amide bonds. The second kappa shape index (κ2) is 15.2. The van der Waals surface area contributed by atoms with Crippen LogP contribution in [0, 0.1) is 11.8 Å². The largest absolute Gasteiger partial charge is 0.455 e. The van der Waals surface area contributed by atoms with Crippen molar-refractivity contribution in [1.82, 2.24) is 15.1 Å². The summed E-state index contributed by atoms with van der Waals surface area (Å²) in [6.45, 7) is 0.133. The van der Waals surface area contributed by atoms with E-state index in [1.54, 1.807) is 47.4 Å². The van der Waals surface area contributed by atoms with Crippen LogP contribution < -0.4 is 5.32 Å². The molecule has 270 valence electrons. The fraction of sp³-hybridized carbons (Fsp3) is 0.366. The summed E-state index contributed by atoms with van der Waals surface area (Å²) in [6.07, 6.45) is 5.68. The average molecular weight is 706 g/mol. The van der Waals surface area contributed by atoms with Gasteiger partial charge in [-0.15, -0.1) is 0 Å². The molecule has 0 unspecified atom stereocenters. The third-order valence-electron chi connectivity index (χ3n) is 10.5. The minimum absolute atomic E-state index is 0.0604. The third kappa shape index (κ3) is 6.55. The Balaban J connectivity index is 1.34. The van der Waals surface area contributed by atoms with Crippen molar-refractivity contribution < 1.29 is 38.5 Å². The molecule has 2 N–H and O–H groups in total. The summed E-state index contributed by atoms with van der Waals surface area (Å²) in [6, 6.07) is 24.9. The molecule has 11 nitrogen and oxygen atoms in total. The Labute approximate surface area is 302 Å². The average Bonchev–Trinajstić information content (AvgIpc) is 3.56. The summed E-state index contributed by atoms with van der Waals surface area (Å²) in [7, 11) is 1.51. The Bertz CT molecular complexity index is 1820. The standard InChI is InChI=1S/C41H43N3O8/c1-50-26-30-36(29-18-9-4-10-19-29)51-40(49)34-32(20-11-12-21-33(46)42-30)52-41-22-13-23-43(24-27-14-5-2-6-15-27)39(48)37(41)44(38(47)35(34)41)31(25-45)28-16-7-3-8-17-28/h2-11,13-20,22,30-32,34-37,45H,12,21,23-26H2,1H3,(H,42,46)/b20-11-/t30-,31-,32-,34+,35+,36-,37-,41+/m1/s1. The van der Waals surface area contributed by atoms with Crippen LogP contribution in [0.5, 0.6) is 0 Å². The molecule has 3 aromatic rings. The second-order valence-electron chi connectivity index (χ2n) is 13.7. The first-order valence-electron chi connectivity index (χ1n) is 17.7. The van der Waals surface area contributed by atoms with E-state index in [0.717, 1.165) is 5.56 Å². The van der Waals surface area contributed by atoms with Crippen molar-refractivity contribution in [2.75, 3.05) is 26.9 Å². The predicted molar refractivity (Wildman–Crippen MR) is 190 cm³/mol. The number of esters is 1. The third-order valence-corrected chi connectivity index (χ3v) is 10.5. The number of ether oxygens (including phenoxy) is 3. The van der Waals surface area contributed by atoms with Gasteiger partial charge in [0.2, 0.25) is 17.7 Å². The molecular formula is C41H43N3O8. The lowest BCUT2D eigenvalue weighted by Crippen LogP contribution is -2.56. The smallest absolute Gasteiger partial charge is 0.313 e. The summed E-state index contributed by atoms with van der Waals surface area (Å²) in [5.41, 5.74) is 0.626. The van der Waals surface area contributed by atoms with Gasteiger partial charge in [0.15, 0.2) is 0 Å². The number of benzene rings is 3. The lowest BCUT2D eigenvalue weighted by Gasteiger charge is -2.38. The SMILES string of the molecule is COC[C@H]1NC(=O)CC/C=C\[C@H]2O[C@]34C=CCN(Cc5ccccc5)C(=O)[C@H]3N([C@H](CO)c3ccccc3)C(=O)[C@@H]4[C@H]2C(=O)O[C@@H]1c1ccccc1. The van der Waals surface area contributed by atoms with Crippen molar-refractivity contribution in [3.63, 3.8) is 0 Å². The van der Waals surface area contributed by atoms with Gasteiger partial charge in [0.1, 0.15) is 23.7 Å². The van der Waals surface area contributed by atoms with E-state index in [1.807, 2.05) is 72.8 Å². The first-order valence-corrected chi connectivity index (χ1v) is 17.7. The highest BCUT2D eigenvalue weighted by Gasteiger charge is 2.72. The number of nitrogens with one attached hydrogen (secondary N) is 1. The molecule has 0 saturated carbocycles. The van der Waals surface area contributed by atoms with E-state index < -0.39 is 66.3 Å². The van der Waals surface area contributed by atoms with Crippen molar-refractivity contribution in [3.8, 4) is 0 Å². The van der Waals surface area contributed by atoms with Gasteiger partial charge in [-0.1, -0.05) is 115 Å². The highest BCUT2D eigenvalue weighted by Crippen LogP contribution is 2.55. The van der Waals surface area contributed by atoms with Gasteiger partial charge in [-0.3, -0.25) is 19.2 Å². The number of methoxy groups -OCH3 is 1. The number of fused-ring (bicyclic) bond motifs is 2. The van der Waals surface area contributed by atoms with Crippen molar-refractivity contribution in [1.29, 1.82) is 0 Å². The molecule has 52 heavy (non-hydrogen) atoms. The van der Waals surface area contributed by atoms with Crippen LogP contribution in [-0.4, -0.2) is 89.3 Å². The summed E-state index contributed by atoms with van der Waals surface area (Å²) >= 11 is 0. The number of aliphatic hydroxyl groups excluding tert-OH is 1. The van der Waals surface area contributed by atoms with Gasteiger partial charge in [0, 0.05) is 26.6 Å². The van der Waals surface area contributed by atoms with Gasteiger partial charge in [0.25, 0.3) is 0 Å². The number of likely N-dealkylation sites (tertiary alicyclic amines) is 1. The lowest BCUT2D eigenvalue weighted by molar-refractivity contribution is -0.163. The highest BCUT2D eigenvalue weighted by molar-refractivity contribution is 5.99. The molecule has 0 aromatic heterocycles. The molecule has 8 atom stereocenters. The van der Waals surface area contributed by atoms with Crippen molar-refractivity contribution in [2.45, 2.75) is 55.3 Å². The minimum Gasteiger partial charge on any atom is -0.455 e. The van der Waals surface area contributed by atoms with E-state index in [2.05, 4.69) is 5.32 Å². The first kappa shape index (κ1) is 35.3. The Hall–Kier alpha value is -5.10. The normalized spacial score (nSPS) is 30.2. The van der Waals surface area contributed by atoms with Gasteiger partial charge < -0.3 is 34.4 Å². The molecule has 4 heterocycles. The summed E-state index contributed by atoms with van der Waals surface area (Å²) in [4.78, 5) is 60.9. The number of carbonyl (C=O) groups is 4. The maximum Gasteiger partial charge on any atom is 0.313 e. The Morgan fingerprint density at radius 2 is 1.62 bits per heavy atom. The number of carbonyl (C=O) groups excluding carboxylic acids is 4. The number of cyclic esters (lactones) is 1. The van der Waals surface area contributed by atoms with Gasteiger partial charge in [0.05, 0.1) is 37.3 Å². The predicted octanol–water partition coefficient (Wildman–Crippen LogP) is 3.67. The molecule has 0 aliphatic carbocycles. The number of rotatable bonds is 8. The van der Waals surface area contributed by atoms with E-state index in [1.165, 1.54) is 12.0 Å². The topological polar surface area (TPSA) is 135 Å². The zero-order valence-electron chi connectivity index (χ0n) is 29.0. The van der Waals surface area contributed by atoms with Crippen LogP contribution in [0.25, 0.3) is 0 Å². The summed E-state index contributed by atoms with van der Waals surface area (Å²) in [5, 5.41) is 13.9. The highest BCUT2D eigenvalue weighted by atomic mass is 16.6. The van der Waals surface area contributed by atoms with Gasteiger partial charge in [-0.25, -0.2) is 0 Å². The van der Waals surface area contributed by atoms with Crippen LogP contribution >= 0.6 is 0 Å². The number of amides is 3. The maximum atomic E-state index is 15.1. The fourth-order valence-electron chi connectivity index (χ4n) is 8.19. The number of hydrogen-bond donors (Lipinski definition) is 2. The van der Waals surface area contributed by atoms with E-state index >= 15 is 4.79 Å². The molecule has 7 rings (SSSR count). The van der Waals surface area contributed by atoms with Crippen LogP contribution in [0.1, 0.15) is 41.7 Å². The molecule has 4 aliphatic rings. The zero-order valence-corrected chi connectivity index (χ0v) is 29.0. The first-order chi connectivity index (χ1) is 25.4. The van der Waals surface area contributed by atoms with Crippen LogP contribution in [-0.2, 0) is 39.9 Å². The van der Waals surface area contributed by atoms with Crippen molar-refractivity contribution in [2.24, 2.45) is 11.8 Å². The van der Waals surface area contributed by atoms with Crippen LogP contribution in [0.4, 0.5) is 0 Å². The van der Waals surface area contributed by atoms with Gasteiger partial charge >= 0.3 is 5.97 Å². The number of allylic oxidation sites excluding steroid dienone is 1. The lowest BCUT2D eigenvalue weighted by atomic mass is 9.77. The molecular weight excluding hydrogens is 662 g/mol. The quantitative estimate of drug-likeness (QED) is 0.268. The van der Waals surface area contributed by atoms with E-state index in [9.17, 15) is 19.5 Å². The van der Waals surface area contributed by atoms with Gasteiger partial charge in [-0.2, -0.15) is 0 Å². The van der Waals surface area contributed by atoms with Crippen molar-refractivity contribution >= 4 is 23.7 Å². The zero-order chi connectivity index (χ0) is 36.2. The molecule has 2 saturated heterocycles. The number of hydrogen-bond acceptors (Lipinski definition) is 8. The second-order valence-corrected chi connectivity index (χ2v) is 13.7. The molecule has 0 bridgehead atoms. The van der Waals surface area contributed by atoms with Gasteiger partial charge in [-0.05, 0) is 23.1 Å². The van der Waals surface area contributed by atoms with Crippen LogP contribution in [0.3, 0.4) is 0 Å². The molecule has 3 aromatic carbocycles. The van der Waals surface area contributed by atoms with E-state index in [-0.39, 0.29) is 37.9 Å². The minimum atomic E-state index is -1.57. The summed E-state index contributed by atoms with van der Waals surface area (Å²) in [5.74, 6) is -4.11. The monoisotopic (exact) mass is 705 g/mol. The Morgan fingerprint density at radius 1 is 0.923 bits per heavy atom. The molecule has 2 fully saturated rings. The molecule has 4 aliphatic heterocycles. The molecule has 11 heteroatoms. The summed E-state index contributed by atoms with van der Waals surface area (Å²) < 4.78 is 18.7. The number of aliphatic hydroxyl groups is 1. The van der Waals surface area contributed by atoms with E-state index in [4.69, 9.17) is 14.2 Å². The molecule has 1 spiro atoms. The Kier molecular flexibility index (Phi) is 10.4. The molecule has 0 radical (unpaired) electrons. The van der Waals surface area contributed by atoms with Crippen molar-refractivity contribution in [3.05, 3.63) is 132 Å².